The van der Waals surface area contributed by atoms with Crippen LogP contribution in [0.1, 0.15) is 18.7 Å². The van der Waals surface area contributed by atoms with Gasteiger partial charge in [0.1, 0.15) is 6.04 Å². The molecule has 0 aliphatic carbocycles. The average molecular weight is 227 g/mol. The van der Waals surface area contributed by atoms with E-state index in [9.17, 15) is 4.79 Å². The highest BCUT2D eigenvalue weighted by atomic mass is 32.1. The second-order valence-corrected chi connectivity index (χ2v) is 4.50. The van der Waals surface area contributed by atoms with Crippen molar-refractivity contribution in [1.82, 2.24) is 4.90 Å². The Labute approximate surface area is 94.3 Å². The van der Waals surface area contributed by atoms with Gasteiger partial charge in [-0.25, -0.2) is 0 Å². The first-order valence-electron chi connectivity index (χ1n) is 5.14. The van der Waals surface area contributed by atoms with Gasteiger partial charge in [-0.15, -0.1) is 11.3 Å². The topological polar surface area (TPSA) is 40.5 Å². The monoisotopic (exact) mass is 227 g/mol. The summed E-state index contributed by atoms with van der Waals surface area (Å²) in [4.78, 5) is 14.1. The van der Waals surface area contributed by atoms with E-state index in [1.165, 1.54) is 4.88 Å². The van der Waals surface area contributed by atoms with E-state index in [1.807, 2.05) is 23.3 Å². The quantitative estimate of drug-likeness (QED) is 0.809. The first kappa shape index (κ1) is 12.2. The molecule has 1 aromatic rings. The summed E-state index contributed by atoms with van der Waals surface area (Å²) in [7, 11) is 0. The molecule has 0 saturated heterocycles. The fourth-order valence-electron chi connectivity index (χ4n) is 1.49. The molecule has 0 amide bonds. The van der Waals surface area contributed by atoms with Crippen molar-refractivity contribution >= 4 is 17.3 Å². The summed E-state index contributed by atoms with van der Waals surface area (Å²) in [5, 5.41) is 10.9. The zero-order valence-corrected chi connectivity index (χ0v) is 9.96. The lowest BCUT2D eigenvalue weighted by Gasteiger charge is -2.24. The SMILES string of the molecule is CCN(CCc1cccs1)C(C)C(=O)O. The lowest BCUT2D eigenvalue weighted by Crippen LogP contribution is -2.39. The molecule has 15 heavy (non-hydrogen) atoms. The van der Waals surface area contributed by atoms with Crippen molar-refractivity contribution in [1.29, 1.82) is 0 Å². The Balaban J connectivity index is 2.44. The second-order valence-electron chi connectivity index (χ2n) is 3.47. The van der Waals surface area contributed by atoms with Gasteiger partial charge in [-0.3, -0.25) is 9.69 Å². The lowest BCUT2D eigenvalue weighted by molar-refractivity contribution is -0.142. The molecule has 1 atom stereocenters. The Morgan fingerprint density at radius 1 is 1.67 bits per heavy atom. The minimum Gasteiger partial charge on any atom is -0.480 e. The van der Waals surface area contributed by atoms with Gasteiger partial charge >= 0.3 is 5.97 Å². The molecule has 1 rings (SSSR count). The van der Waals surface area contributed by atoms with Crippen LogP contribution < -0.4 is 0 Å². The molecule has 3 nitrogen and oxygen atoms in total. The zero-order chi connectivity index (χ0) is 11.3. The number of hydrogen-bond acceptors (Lipinski definition) is 3. The van der Waals surface area contributed by atoms with Crippen LogP contribution in [0.3, 0.4) is 0 Å². The van der Waals surface area contributed by atoms with Gasteiger partial charge in [0.05, 0.1) is 0 Å². The van der Waals surface area contributed by atoms with E-state index in [1.54, 1.807) is 18.3 Å². The zero-order valence-electron chi connectivity index (χ0n) is 9.14. The third kappa shape index (κ3) is 3.64. The van der Waals surface area contributed by atoms with Crippen LogP contribution >= 0.6 is 11.3 Å². The molecule has 84 valence electrons. The Bertz CT molecular complexity index is 298. The molecule has 0 fully saturated rings. The predicted octanol–water partition coefficient (Wildman–Crippen LogP) is 2.09. The van der Waals surface area contributed by atoms with Crippen molar-refractivity contribution in [2.45, 2.75) is 26.3 Å². The second kappa shape index (κ2) is 5.88. The van der Waals surface area contributed by atoms with E-state index in [4.69, 9.17) is 5.11 Å². The molecule has 4 heteroatoms. The fraction of sp³-hybridized carbons (Fsp3) is 0.545. The first-order chi connectivity index (χ1) is 7.15. The predicted molar refractivity (Wildman–Crippen MR) is 62.4 cm³/mol. The van der Waals surface area contributed by atoms with Crippen LogP contribution in [0.5, 0.6) is 0 Å². The normalized spacial score (nSPS) is 13.0. The van der Waals surface area contributed by atoms with Crippen molar-refractivity contribution in [3.05, 3.63) is 22.4 Å². The van der Waals surface area contributed by atoms with Gasteiger partial charge in [0, 0.05) is 11.4 Å². The molecule has 0 bridgehead atoms. The van der Waals surface area contributed by atoms with E-state index >= 15 is 0 Å². The van der Waals surface area contributed by atoms with E-state index in [0.717, 1.165) is 19.5 Å². The Morgan fingerprint density at radius 3 is 2.87 bits per heavy atom. The van der Waals surface area contributed by atoms with Crippen molar-refractivity contribution < 1.29 is 9.90 Å². The maximum absolute atomic E-state index is 10.8. The molecule has 0 saturated carbocycles. The number of aliphatic carboxylic acids is 1. The van der Waals surface area contributed by atoms with Crippen LogP contribution in [0.4, 0.5) is 0 Å². The Morgan fingerprint density at radius 2 is 2.40 bits per heavy atom. The van der Waals surface area contributed by atoms with Gasteiger partial charge in [0.25, 0.3) is 0 Å². The number of hydrogen-bond donors (Lipinski definition) is 1. The van der Waals surface area contributed by atoms with E-state index in [-0.39, 0.29) is 0 Å². The number of likely N-dealkylation sites (N-methyl/N-ethyl adjacent to an activating group) is 1. The van der Waals surface area contributed by atoms with E-state index in [0.29, 0.717) is 0 Å². The maximum atomic E-state index is 10.8. The summed E-state index contributed by atoms with van der Waals surface area (Å²) in [6.07, 6.45) is 0.934. The maximum Gasteiger partial charge on any atom is 0.320 e. The lowest BCUT2D eigenvalue weighted by atomic mass is 10.2. The van der Waals surface area contributed by atoms with Gasteiger partial charge in [0.15, 0.2) is 0 Å². The Hall–Kier alpha value is -0.870. The highest BCUT2D eigenvalue weighted by molar-refractivity contribution is 7.09. The molecular formula is C11H17NO2S. The summed E-state index contributed by atoms with van der Waals surface area (Å²) < 4.78 is 0. The van der Waals surface area contributed by atoms with Gasteiger partial charge in [-0.1, -0.05) is 13.0 Å². The van der Waals surface area contributed by atoms with Crippen molar-refractivity contribution in [2.75, 3.05) is 13.1 Å². The van der Waals surface area contributed by atoms with Crippen LogP contribution in [-0.4, -0.2) is 35.1 Å². The van der Waals surface area contributed by atoms with E-state index in [2.05, 4.69) is 6.07 Å². The molecule has 0 aromatic carbocycles. The van der Waals surface area contributed by atoms with Crippen molar-refractivity contribution in [2.24, 2.45) is 0 Å². The Kier molecular flexibility index (Phi) is 4.78. The molecule has 1 unspecified atom stereocenters. The molecule has 0 aliphatic rings. The molecular weight excluding hydrogens is 210 g/mol. The smallest absolute Gasteiger partial charge is 0.320 e. The van der Waals surface area contributed by atoms with Crippen molar-refractivity contribution in [3.8, 4) is 0 Å². The third-order valence-electron chi connectivity index (χ3n) is 2.54. The van der Waals surface area contributed by atoms with Crippen molar-refractivity contribution in [3.63, 3.8) is 0 Å². The summed E-state index contributed by atoms with van der Waals surface area (Å²) in [6.45, 7) is 5.32. The number of carbonyl (C=O) groups is 1. The van der Waals surface area contributed by atoms with Crippen LogP contribution in [0.25, 0.3) is 0 Å². The summed E-state index contributed by atoms with van der Waals surface area (Å²) >= 11 is 1.72. The fourth-order valence-corrected chi connectivity index (χ4v) is 2.19. The number of carboxylic acid groups (broad SMARTS) is 1. The highest BCUT2D eigenvalue weighted by Crippen LogP contribution is 2.10. The van der Waals surface area contributed by atoms with Crippen LogP contribution in [-0.2, 0) is 11.2 Å². The minimum absolute atomic E-state index is 0.394. The number of rotatable bonds is 6. The van der Waals surface area contributed by atoms with Crippen LogP contribution in [0, 0.1) is 0 Å². The van der Waals surface area contributed by atoms with Gasteiger partial charge in [-0.2, -0.15) is 0 Å². The summed E-state index contributed by atoms with van der Waals surface area (Å²) in [6, 6.07) is 3.72. The standard InChI is InChI=1S/C11H17NO2S/c1-3-12(9(2)11(13)14)7-6-10-5-4-8-15-10/h4-5,8-9H,3,6-7H2,1-2H3,(H,13,14). The summed E-state index contributed by atoms with van der Waals surface area (Å²) in [5.74, 6) is -0.747. The molecule has 0 aliphatic heterocycles. The van der Waals surface area contributed by atoms with Gasteiger partial charge < -0.3 is 5.11 Å². The largest absolute Gasteiger partial charge is 0.480 e. The average Bonchev–Trinajstić information content (AvgIpc) is 2.71. The molecule has 0 spiro atoms. The van der Waals surface area contributed by atoms with E-state index < -0.39 is 12.0 Å². The van der Waals surface area contributed by atoms with Gasteiger partial charge in [-0.05, 0) is 31.3 Å². The van der Waals surface area contributed by atoms with Crippen LogP contribution in [0.15, 0.2) is 17.5 Å². The molecule has 1 N–H and O–H groups in total. The minimum atomic E-state index is -0.747. The first-order valence-corrected chi connectivity index (χ1v) is 6.02. The van der Waals surface area contributed by atoms with Gasteiger partial charge in [0.2, 0.25) is 0 Å². The number of nitrogens with zero attached hydrogens (tertiary/aromatic N) is 1. The number of thiophene rings is 1. The molecule has 1 aromatic heterocycles. The third-order valence-corrected chi connectivity index (χ3v) is 3.47. The highest BCUT2D eigenvalue weighted by Gasteiger charge is 2.18. The van der Waals surface area contributed by atoms with Crippen LogP contribution in [0.2, 0.25) is 0 Å². The summed E-state index contributed by atoms with van der Waals surface area (Å²) in [5.41, 5.74) is 0. The molecule has 1 heterocycles. The molecule has 0 radical (unpaired) electrons. The number of carboxylic acids is 1.